The second-order valence-corrected chi connectivity index (χ2v) is 7.21. The second-order valence-electron chi connectivity index (χ2n) is 7.21. The van der Waals surface area contributed by atoms with E-state index in [4.69, 9.17) is 4.74 Å². The number of carbonyl (C=O) groups is 2. The smallest absolute Gasteiger partial charge is 0.265 e. The fourth-order valence-corrected chi connectivity index (χ4v) is 3.88. The van der Waals surface area contributed by atoms with E-state index < -0.39 is 0 Å². The molecule has 0 N–H and O–H groups in total. The maximum atomic E-state index is 12.7. The van der Waals surface area contributed by atoms with Gasteiger partial charge in [0.1, 0.15) is 5.75 Å². The summed E-state index contributed by atoms with van der Waals surface area (Å²) in [5, 5.41) is 0. The van der Waals surface area contributed by atoms with E-state index >= 15 is 0 Å². The maximum Gasteiger partial charge on any atom is 0.265 e. The normalized spacial score (nSPS) is 16.6. The quantitative estimate of drug-likeness (QED) is 0.819. The number of hydrogen-bond acceptors (Lipinski definition) is 4. The molecule has 1 fully saturated rings. The van der Waals surface area contributed by atoms with Crippen LogP contribution in [-0.2, 0) is 9.59 Å². The van der Waals surface area contributed by atoms with E-state index in [1.54, 1.807) is 4.90 Å². The molecule has 0 aliphatic carbocycles. The molecule has 0 bridgehead atoms. The minimum absolute atomic E-state index is 0.0281. The van der Waals surface area contributed by atoms with Gasteiger partial charge in [-0.1, -0.05) is 30.3 Å². The van der Waals surface area contributed by atoms with Crippen molar-refractivity contribution in [2.45, 2.75) is 13.3 Å². The van der Waals surface area contributed by atoms with Crippen LogP contribution in [-0.4, -0.2) is 56.0 Å². The number of hydrogen-bond donors (Lipinski definition) is 0. The van der Waals surface area contributed by atoms with Crippen LogP contribution in [0.15, 0.2) is 48.5 Å². The SMILES string of the molecule is Cc1ccccc1N1CCN(C(=O)CCN2C(=O)COc3ccccc32)CC1. The Kier molecular flexibility index (Phi) is 5.19. The third-order valence-electron chi connectivity index (χ3n) is 5.45. The summed E-state index contributed by atoms with van der Waals surface area (Å²) in [6, 6.07) is 15.8. The molecular formula is C22H25N3O3. The van der Waals surface area contributed by atoms with E-state index in [9.17, 15) is 9.59 Å². The molecule has 0 atom stereocenters. The van der Waals surface area contributed by atoms with Crippen LogP contribution in [0.25, 0.3) is 0 Å². The third-order valence-corrected chi connectivity index (χ3v) is 5.45. The number of anilines is 2. The van der Waals surface area contributed by atoms with Crippen LogP contribution in [0, 0.1) is 6.92 Å². The monoisotopic (exact) mass is 379 g/mol. The molecule has 2 heterocycles. The molecule has 146 valence electrons. The first kappa shape index (κ1) is 18.3. The second kappa shape index (κ2) is 7.92. The van der Waals surface area contributed by atoms with Crippen molar-refractivity contribution in [3.8, 4) is 5.75 Å². The van der Waals surface area contributed by atoms with E-state index in [-0.39, 0.29) is 18.4 Å². The number of carbonyl (C=O) groups excluding carboxylic acids is 2. The highest BCUT2D eigenvalue weighted by Gasteiger charge is 2.27. The van der Waals surface area contributed by atoms with E-state index in [1.807, 2.05) is 35.2 Å². The van der Waals surface area contributed by atoms with Gasteiger partial charge in [-0.3, -0.25) is 9.59 Å². The standard InChI is InChI=1S/C22H25N3O3/c1-17-6-2-3-7-18(17)23-12-14-24(15-13-23)21(26)10-11-25-19-8-4-5-9-20(19)28-16-22(25)27/h2-9H,10-16H2,1H3. The summed E-state index contributed by atoms with van der Waals surface area (Å²) in [4.78, 5) is 30.9. The van der Waals surface area contributed by atoms with Crippen LogP contribution in [0.3, 0.4) is 0 Å². The van der Waals surface area contributed by atoms with Crippen molar-refractivity contribution in [3.05, 3.63) is 54.1 Å². The van der Waals surface area contributed by atoms with Crippen molar-refractivity contribution in [2.24, 2.45) is 0 Å². The van der Waals surface area contributed by atoms with Crippen LogP contribution >= 0.6 is 0 Å². The molecule has 6 heteroatoms. The topological polar surface area (TPSA) is 53.1 Å². The minimum Gasteiger partial charge on any atom is -0.482 e. The fourth-order valence-electron chi connectivity index (χ4n) is 3.88. The van der Waals surface area contributed by atoms with Gasteiger partial charge in [0.05, 0.1) is 5.69 Å². The highest BCUT2D eigenvalue weighted by molar-refractivity contribution is 5.98. The van der Waals surface area contributed by atoms with Crippen LogP contribution in [0.4, 0.5) is 11.4 Å². The van der Waals surface area contributed by atoms with Crippen molar-refractivity contribution >= 4 is 23.2 Å². The molecule has 6 nitrogen and oxygen atoms in total. The number of rotatable bonds is 4. The van der Waals surface area contributed by atoms with Gasteiger partial charge >= 0.3 is 0 Å². The van der Waals surface area contributed by atoms with Crippen LogP contribution in [0.2, 0.25) is 0 Å². The fraction of sp³-hybridized carbons (Fsp3) is 0.364. The highest BCUT2D eigenvalue weighted by atomic mass is 16.5. The van der Waals surface area contributed by atoms with Gasteiger partial charge in [0, 0.05) is 44.8 Å². The molecule has 1 saturated heterocycles. The molecule has 2 amide bonds. The van der Waals surface area contributed by atoms with E-state index in [1.165, 1.54) is 11.3 Å². The Labute approximate surface area is 165 Å². The molecule has 4 rings (SSSR count). The molecule has 2 aliphatic rings. The molecular weight excluding hydrogens is 354 g/mol. The Morgan fingerprint density at radius 3 is 2.39 bits per heavy atom. The predicted octanol–water partition coefficient (Wildman–Crippen LogP) is 2.46. The Bertz CT molecular complexity index is 875. The predicted molar refractivity (Wildman–Crippen MR) is 109 cm³/mol. The third kappa shape index (κ3) is 3.67. The lowest BCUT2D eigenvalue weighted by atomic mass is 10.1. The average molecular weight is 379 g/mol. The number of nitrogens with zero attached hydrogens (tertiary/aromatic N) is 3. The van der Waals surface area contributed by atoms with Gasteiger partial charge in [-0.05, 0) is 30.7 Å². The molecule has 2 aliphatic heterocycles. The number of amides is 2. The number of aryl methyl sites for hydroxylation is 1. The van der Waals surface area contributed by atoms with Gasteiger partial charge in [0.2, 0.25) is 5.91 Å². The summed E-state index contributed by atoms with van der Waals surface area (Å²) < 4.78 is 5.46. The van der Waals surface area contributed by atoms with Crippen molar-refractivity contribution in [1.29, 1.82) is 0 Å². The minimum atomic E-state index is -0.101. The van der Waals surface area contributed by atoms with Gasteiger partial charge in [-0.2, -0.15) is 0 Å². The molecule has 0 aromatic heterocycles. The zero-order valence-electron chi connectivity index (χ0n) is 16.1. The lowest BCUT2D eigenvalue weighted by Gasteiger charge is -2.37. The Balaban J connectivity index is 1.33. The first-order valence-corrected chi connectivity index (χ1v) is 9.74. The molecule has 0 spiro atoms. The summed E-state index contributed by atoms with van der Waals surface area (Å²) in [5.74, 6) is 0.693. The number of para-hydroxylation sites is 3. The first-order chi connectivity index (χ1) is 13.6. The Hall–Kier alpha value is -3.02. The highest BCUT2D eigenvalue weighted by Crippen LogP contribution is 2.31. The van der Waals surface area contributed by atoms with Gasteiger partial charge in [0.25, 0.3) is 5.91 Å². The Morgan fingerprint density at radius 2 is 1.64 bits per heavy atom. The summed E-state index contributed by atoms with van der Waals surface area (Å²) in [5.41, 5.74) is 3.24. The summed E-state index contributed by atoms with van der Waals surface area (Å²) in [7, 11) is 0. The lowest BCUT2D eigenvalue weighted by Crippen LogP contribution is -2.50. The van der Waals surface area contributed by atoms with Gasteiger partial charge in [-0.15, -0.1) is 0 Å². The van der Waals surface area contributed by atoms with Gasteiger partial charge in [0.15, 0.2) is 6.61 Å². The summed E-state index contributed by atoms with van der Waals surface area (Å²) in [6.07, 6.45) is 0.324. The average Bonchev–Trinajstić information content (AvgIpc) is 2.73. The van der Waals surface area contributed by atoms with Gasteiger partial charge < -0.3 is 19.4 Å². The van der Waals surface area contributed by atoms with Crippen molar-refractivity contribution in [2.75, 3.05) is 49.1 Å². The van der Waals surface area contributed by atoms with E-state index in [2.05, 4.69) is 30.0 Å². The molecule has 0 radical (unpaired) electrons. The largest absolute Gasteiger partial charge is 0.482 e. The van der Waals surface area contributed by atoms with E-state index in [0.29, 0.717) is 31.8 Å². The number of piperazine rings is 1. The van der Waals surface area contributed by atoms with Gasteiger partial charge in [-0.25, -0.2) is 0 Å². The Morgan fingerprint density at radius 1 is 0.964 bits per heavy atom. The summed E-state index contributed by atoms with van der Waals surface area (Å²) >= 11 is 0. The molecule has 2 aromatic rings. The van der Waals surface area contributed by atoms with Crippen molar-refractivity contribution in [1.82, 2.24) is 4.90 Å². The van der Waals surface area contributed by atoms with Crippen LogP contribution in [0.5, 0.6) is 5.75 Å². The first-order valence-electron chi connectivity index (χ1n) is 9.74. The summed E-state index contributed by atoms with van der Waals surface area (Å²) in [6.45, 7) is 5.61. The molecule has 0 saturated carbocycles. The number of ether oxygens (including phenoxy) is 1. The van der Waals surface area contributed by atoms with Crippen molar-refractivity contribution < 1.29 is 14.3 Å². The zero-order chi connectivity index (χ0) is 19.5. The maximum absolute atomic E-state index is 12.7. The number of benzene rings is 2. The molecule has 0 unspecified atom stereocenters. The molecule has 28 heavy (non-hydrogen) atoms. The van der Waals surface area contributed by atoms with Crippen LogP contribution < -0.4 is 14.5 Å². The molecule has 2 aromatic carbocycles. The number of fused-ring (bicyclic) bond motifs is 1. The van der Waals surface area contributed by atoms with Crippen molar-refractivity contribution in [3.63, 3.8) is 0 Å². The van der Waals surface area contributed by atoms with E-state index in [0.717, 1.165) is 18.8 Å². The zero-order valence-corrected chi connectivity index (χ0v) is 16.1. The van der Waals surface area contributed by atoms with Crippen LogP contribution in [0.1, 0.15) is 12.0 Å². The lowest BCUT2D eigenvalue weighted by molar-refractivity contribution is -0.131.